The molecule has 4 N–H and O–H groups in total. The van der Waals surface area contributed by atoms with Crippen molar-refractivity contribution in [1.29, 1.82) is 0 Å². The minimum atomic E-state index is -1.39. The predicted octanol–water partition coefficient (Wildman–Crippen LogP) is -3.55. The highest BCUT2D eigenvalue weighted by molar-refractivity contribution is 6.32. The van der Waals surface area contributed by atoms with E-state index in [4.69, 9.17) is 4.74 Å². The fourth-order valence-electron chi connectivity index (χ4n) is 2.22. The standard InChI is InChI=1S/C12H15N3O8/c1-22-11(20)9(19)14-7-8(18)5(4-16)23-10(7)15-3-2-6(17)13-12(15)21/h2-3,5,7-8,10,16,18H,4H2,1H3,(H,14,19)(H,13,17,21)/t5-,7?,8-,10-/m1/s1. The second-order valence-corrected chi connectivity index (χ2v) is 4.75. The summed E-state index contributed by atoms with van der Waals surface area (Å²) in [4.78, 5) is 47.7. The number of carbonyl (C=O) groups excluding carboxylic acids is 2. The Kier molecular flexibility index (Phi) is 4.93. The van der Waals surface area contributed by atoms with Gasteiger partial charge in [-0.25, -0.2) is 9.59 Å². The lowest BCUT2D eigenvalue weighted by Crippen LogP contribution is -2.50. The van der Waals surface area contributed by atoms with Crippen molar-refractivity contribution in [2.45, 2.75) is 24.5 Å². The number of rotatable bonds is 3. The molecule has 0 aliphatic carbocycles. The van der Waals surface area contributed by atoms with Crippen molar-refractivity contribution in [3.63, 3.8) is 0 Å². The van der Waals surface area contributed by atoms with Crippen LogP contribution in [0.3, 0.4) is 0 Å². The van der Waals surface area contributed by atoms with Crippen LogP contribution in [-0.4, -0.2) is 63.6 Å². The van der Waals surface area contributed by atoms with Crippen molar-refractivity contribution in [3.05, 3.63) is 33.1 Å². The number of nitrogens with one attached hydrogen (secondary N) is 2. The van der Waals surface area contributed by atoms with E-state index >= 15 is 0 Å². The molecular weight excluding hydrogens is 314 g/mol. The molecule has 0 spiro atoms. The third-order valence-electron chi connectivity index (χ3n) is 3.34. The quantitative estimate of drug-likeness (QED) is 0.327. The van der Waals surface area contributed by atoms with Crippen LogP contribution in [-0.2, 0) is 19.1 Å². The van der Waals surface area contributed by atoms with E-state index in [-0.39, 0.29) is 0 Å². The van der Waals surface area contributed by atoms with Crippen molar-refractivity contribution in [3.8, 4) is 0 Å². The molecule has 11 nitrogen and oxygen atoms in total. The number of H-pyrrole nitrogens is 1. The summed E-state index contributed by atoms with van der Waals surface area (Å²) in [6.07, 6.45) is -2.62. The fraction of sp³-hybridized carbons (Fsp3) is 0.500. The van der Waals surface area contributed by atoms with Crippen LogP contribution in [0.1, 0.15) is 6.23 Å². The monoisotopic (exact) mass is 329 g/mol. The molecule has 1 aromatic rings. The molecule has 0 aromatic carbocycles. The summed E-state index contributed by atoms with van der Waals surface area (Å²) in [5.41, 5.74) is -1.48. The number of carbonyl (C=O) groups is 2. The predicted molar refractivity (Wildman–Crippen MR) is 72.3 cm³/mol. The molecule has 2 rings (SSSR count). The molecule has 0 bridgehead atoms. The summed E-state index contributed by atoms with van der Waals surface area (Å²) >= 11 is 0. The van der Waals surface area contributed by atoms with Crippen LogP contribution in [0.15, 0.2) is 21.9 Å². The Bertz CT molecular complexity index is 711. The van der Waals surface area contributed by atoms with Gasteiger partial charge in [0.1, 0.15) is 18.2 Å². The third kappa shape index (κ3) is 3.31. The average molecular weight is 329 g/mol. The maximum absolute atomic E-state index is 11.8. The van der Waals surface area contributed by atoms with Gasteiger partial charge in [0.2, 0.25) is 0 Å². The van der Waals surface area contributed by atoms with Gasteiger partial charge in [0.25, 0.3) is 5.56 Å². The van der Waals surface area contributed by atoms with E-state index in [2.05, 4.69) is 10.1 Å². The maximum Gasteiger partial charge on any atom is 0.396 e. The summed E-state index contributed by atoms with van der Waals surface area (Å²) in [5, 5.41) is 21.5. The summed E-state index contributed by atoms with van der Waals surface area (Å²) in [5.74, 6) is -2.35. The van der Waals surface area contributed by atoms with Gasteiger partial charge < -0.3 is 25.0 Å². The first kappa shape index (κ1) is 16.9. The molecule has 1 aromatic heterocycles. The molecular formula is C12H15N3O8. The summed E-state index contributed by atoms with van der Waals surface area (Å²) in [6, 6.07) is -0.176. The number of aromatic nitrogens is 2. The molecule has 1 aliphatic rings. The molecule has 1 amide bonds. The smallest absolute Gasteiger partial charge is 0.396 e. The zero-order chi connectivity index (χ0) is 17.1. The molecule has 11 heteroatoms. The van der Waals surface area contributed by atoms with Gasteiger partial charge in [-0.2, -0.15) is 0 Å². The largest absolute Gasteiger partial charge is 0.462 e. The van der Waals surface area contributed by atoms with E-state index < -0.39 is 54.2 Å². The van der Waals surface area contributed by atoms with Gasteiger partial charge in [-0.3, -0.25) is 19.1 Å². The van der Waals surface area contributed by atoms with Gasteiger partial charge in [0.05, 0.1) is 13.7 Å². The van der Waals surface area contributed by atoms with E-state index in [0.29, 0.717) is 0 Å². The number of esters is 1. The highest BCUT2D eigenvalue weighted by Gasteiger charge is 2.46. The van der Waals surface area contributed by atoms with Crippen LogP contribution >= 0.6 is 0 Å². The van der Waals surface area contributed by atoms with Gasteiger partial charge in [0.15, 0.2) is 6.23 Å². The minimum Gasteiger partial charge on any atom is -0.462 e. The zero-order valence-corrected chi connectivity index (χ0v) is 12.0. The first-order valence-electron chi connectivity index (χ1n) is 6.53. The van der Waals surface area contributed by atoms with Gasteiger partial charge in [-0.1, -0.05) is 0 Å². The lowest BCUT2D eigenvalue weighted by molar-refractivity contribution is -0.153. The lowest BCUT2D eigenvalue weighted by Gasteiger charge is -2.22. The molecule has 1 fully saturated rings. The van der Waals surface area contributed by atoms with E-state index in [9.17, 15) is 29.4 Å². The van der Waals surface area contributed by atoms with E-state index in [0.717, 1.165) is 23.9 Å². The zero-order valence-electron chi connectivity index (χ0n) is 12.0. The van der Waals surface area contributed by atoms with E-state index in [1.807, 2.05) is 4.98 Å². The highest BCUT2D eigenvalue weighted by atomic mass is 16.5. The van der Waals surface area contributed by atoms with Gasteiger partial charge in [-0.05, 0) is 0 Å². The van der Waals surface area contributed by atoms with Crippen molar-refractivity contribution in [2.24, 2.45) is 0 Å². The van der Waals surface area contributed by atoms with Crippen molar-refractivity contribution in [1.82, 2.24) is 14.9 Å². The molecule has 1 unspecified atom stereocenters. The van der Waals surface area contributed by atoms with Crippen LogP contribution in [0.25, 0.3) is 0 Å². The molecule has 1 aliphatic heterocycles. The van der Waals surface area contributed by atoms with Crippen molar-refractivity contribution in [2.75, 3.05) is 13.7 Å². The highest BCUT2D eigenvalue weighted by Crippen LogP contribution is 2.28. The summed E-state index contributed by atoms with van der Waals surface area (Å²) in [7, 11) is 1.00. The number of aromatic amines is 1. The second kappa shape index (κ2) is 6.73. The molecule has 1 saturated heterocycles. The van der Waals surface area contributed by atoms with Gasteiger partial charge in [0, 0.05) is 12.3 Å². The molecule has 0 saturated carbocycles. The Morgan fingerprint density at radius 2 is 2.17 bits per heavy atom. The number of hydrogen-bond acceptors (Lipinski definition) is 8. The van der Waals surface area contributed by atoms with E-state index in [1.165, 1.54) is 0 Å². The number of aliphatic hydroxyl groups is 2. The molecule has 126 valence electrons. The number of nitrogens with zero attached hydrogens (tertiary/aromatic N) is 1. The molecule has 2 heterocycles. The fourth-order valence-corrected chi connectivity index (χ4v) is 2.22. The number of ether oxygens (including phenoxy) is 2. The number of aliphatic hydroxyl groups excluding tert-OH is 2. The SMILES string of the molecule is COC(=O)C(=O)NC1[C@H](n2ccc(=O)[nH]c2=O)O[C@H](CO)[C@H]1O. The van der Waals surface area contributed by atoms with Crippen LogP contribution in [0.5, 0.6) is 0 Å². The lowest BCUT2D eigenvalue weighted by atomic mass is 10.1. The second-order valence-electron chi connectivity index (χ2n) is 4.75. The molecule has 23 heavy (non-hydrogen) atoms. The summed E-state index contributed by atoms with van der Waals surface area (Å²) in [6.45, 7) is -0.583. The first-order chi connectivity index (χ1) is 10.9. The van der Waals surface area contributed by atoms with Crippen LogP contribution < -0.4 is 16.6 Å². The van der Waals surface area contributed by atoms with Crippen LogP contribution in [0.2, 0.25) is 0 Å². The average Bonchev–Trinajstić information content (AvgIpc) is 2.83. The van der Waals surface area contributed by atoms with Gasteiger partial charge >= 0.3 is 17.6 Å². The first-order valence-corrected chi connectivity index (χ1v) is 6.53. The Hall–Kier alpha value is -2.50. The number of amides is 1. The van der Waals surface area contributed by atoms with Crippen molar-refractivity contribution < 1.29 is 29.3 Å². The Morgan fingerprint density at radius 3 is 2.74 bits per heavy atom. The Morgan fingerprint density at radius 1 is 1.48 bits per heavy atom. The Balaban J connectivity index is 2.34. The number of hydrogen-bond donors (Lipinski definition) is 4. The van der Waals surface area contributed by atoms with Crippen LogP contribution in [0.4, 0.5) is 0 Å². The maximum atomic E-state index is 11.8. The third-order valence-corrected chi connectivity index (χ3v) is 3.34. The molecule has 0 radical (unpaired) electrons. The Labute approximate surface area is 128 Å². The summed E-state index contributed by atoms with van der Waals surface area (Å²) < 4.78 is 10.5. The molecule has 4 atom stereocenters. The minimum absolute atomic E-state index is 0.583. The van der Waals surface area contributed by atoms with Gasteiger partial charge in [-0.15, -0.1) is 0 Å². The normalized spacial score (nSPS) is 26.7. The van der Waals surface area contributed by atoms with E-state index in [1.54, 1.807) is 0 Å². The number of methoxy groups -OCH3 is 1. The topological polar surface area (TPSA) is 160 Å². The van der Waals surface area contributed by atoms with Crippen LogP contribution in [0, 0.1) is 0 Å². The van der Waals surface area contributed by atoms with Crippen molar-refractivity contribution >= 4 is 11.9 Å².